The summed E-state index contributed by atoms with van der Waals surface area (Å²) < 4.78 is 32.4. The number of nitrogens with one attached hydrogen (secondary N) is 2. The van der Waals surface area contributed by atoms with Crippen molar-refractivity contribution in [3.8, 4) is 5.75 Å². The number of hydrogen-bond acceptors (Lipinski definition) is 4. The molecule has 0 saturated heterocycles. The Labute approximate surface area is 161 Å². The molecule has 2 rings (SSSR count). The number of amides is 1. The van der Waals surface area contributed by atoms with Gasteiger partial charge in [-0.1, -0.05) is 30.3 Å². The van der Waals surface area contributed by atoms with Gasteiger partial charge >= 0.3 is 0 Å². The second-order valence-electron chi connectivity index (χ2n) is 6.58. The summed E-state index contributed by atoms with van der Waals surface area (Å²) in [6.45, 7) is 5.68. The monoisotopic (exact) mass is 390 g/mol. The molecule has 2 aromatic carbocycles. The highest BCUT2D eigenvalue weighted by Gasteiger charge is 2.16. The summed E-state index contributed by atoms with van der Waals surface area (Å²) in [6, 6.07) is 14.3. The zero-order chi connectivity index (χ0) is 19.9. The fraction of sp³-hybridized carbons (Fsp3) is 0.350. The number of rotatable bonds is 9. The van der Waals surface area contributed by atoms with E-state index in [9.17, 15) is 13.2 Å². The van der Waals surface area contributed by atoms with Crippen LogP contribution in [0.15, 0.2) is 53.4 Å². The molecule has 2 N–H and O–H groups in total. The van der Waals surface area contributed by atoms with Crippen LogP contribution < -0.4 is 14.8 Å². The number of aryl methyl sites for hydroxylation is 1. The van der Waals surface area contributed by atoms with Gasteiger partial charge in [-0.2, -0.15) is 0 Å². The Balaban J connectivity index is 1.85. The van der Waals surface area contributed by atoms with Crippen LogP contribution in [0.5, 0.6) is 5.75 Å². The molecule has 0 aliphatic carbocycles. The minimum atomic E-state index is -3.55. The van der Waals surface area contributed by atoms with Crippen molar-refractivity contribution in [3.05, 3.63) is 59.7 Å². The van der Waals surface area contributed by atoms with E-state index >= 15 is 0 Å². The van der Waals surface area contributed by atoms with Crippen molar-refractivity contribution in [1.82, 2.24) is 10.0 Å². The minimum absolute atomic E-state index is 0.119. The van der Waals surface area contributed by atoms with Crippen LogP contribution in [0.3, 0.4) is 0 Å². The number of benzene rings is 2. The Kier molecular flexibility index (Phi) is 7.38. The lowest BCUT2D eigenvalue weighted by Crippen LogP contribution is -2.31. The molecule has 0 atom stereocenters. The fourth-order valence-electron chi connectivity index (χ4n) is 2.51. The normalized spacial score (nSPS) is 11.4. The van der Waals surface area contributed by atoms with Crippen LogP contribution in [0.1, 0.15) is 25.0 Å². The maximum atomic E-state index is 12.2. The molecule has 0 aliphatic heterocycles. The second kappa shape index (κ2) is 9.53. The third-order valence-electron chi connectivity index (χ3n) is 3.78. The van der Waals surface area contributed by atoms with E-state index in [0.717, 1.165) is 12.0 Å². The lowest BCUT2D eigenvalue weighted by molar-refractivity contribution is -0.123. The molecule has 2 aromatic rings. The molecule has 0 saturated carbocycles. The number of carbonyl (C=O) groups is 1. The third-order valence-corrected chi connectivity index (χ3v) is 5.44. The summed E-state index contributed by atoms with van der Waals surface area (Å²) in [5, 5.41) is 2.81. The highest BCUT2D eigenvalue weighted by molar-refractivity contribution is 7.89. The molecule has 0 radical (unpaired) electrons. The second-order valence-corrected chi connectivity index (χ2v) is 8.29. The molecular weight excluding hydrogens is 364 g/mol. The molecule has 0 spiro atoms. The molecule has 1 amide bonds. The van der Waals surface area contributed by atoms with E-state index in [4.69, 9.17) is 4.74 Å². The van der Waals surface area contributed by atoms with Gasteiger partial charge in [0, 0.05) is 12.6 Å². The topological polar surface area (TPSA) is 84.5 Å². The van der Waals surface area contributed by atoms with E-state index in [-0.39, 0.29) is 23.5 Å². The van der Waals surface area contributed by atoms with Gasteiger partial charge in [0.05, 0.1) is 4.90 Å². The van der Waals surface area contributed by atoms with Crippen LogP contribution in [0, 0.1) is 6.92 Å². The Morgan fingerprint density at radius 2 is 1.81 bits per heavy atom. The van der Waals surface area contributed by atoms with Gasteiger partial charge in [-0.05, 0) is 56.5 Å². The van der Waals surface area contributed by atoms with Gasteiger partial charge in [0.1, 0.15) is 5.75 Å². The molecule has 0 aromatic heterocycles. The maximum Gasteiger partial charge on any atom is 0.257 e. The van der Waals surface area contributed by atoms with Gasteiger partial charge in [0.15, 0.2) is 6.61 Å². The number of carbonyl (C=O) groups excluding carboxylic acids is 1. The molecule has 0 bridgehead atoms. The van der Waals surface area contributed by atoms with Crippen molar-refractivity contribution in [1.29, 1.82) is 0 Å². The van der Waals surface area contributed by atoms with Gasteiger partial charge in [-0.3, -0.25) is 4.79 Å². The molecule has 0 fully saturated rings. The van der Waals surface area contributed by atoms with E-state index in [1.807, 2.05) is 30.3 Å². The molecule has 0 unspecified atom stereocenters. The Hall–Kier alpha value is -2.38. The van der Waals surface area contributed by atoms with Crippen LogP contribution in [0.25, 0.3) is 0 Å². The quantitative estimate of drug-likeness (QED) is 0.689. The van der Waals surface area contributed by atoms with Crippen molar-refractivity contribution >= 4 is 15.9 Å². The standard InChI is InChI=1S/C20H26N2O4S/c1-15(2)22-27(24,25)18-9-10-19(16(3)13-18)26-14-20(23)21-12-11-17-7-5-4-6-8-17/h4-10,13,15,22H,11-12,14H2,1-3H3,(H,21,23). The minimum Gasteiger partial charge on any atom is -0.484 e. The highest BCUT2D eigenvalue weighted by atomic mass is 32.2. The average molecular weight is 391 g/mol. The summed E-state index contributed by atoms with van der Waals surface area (Å²) in [6.07, 6.45) is 0.751. The largest absolute Gasteiger partial charge is 0.484 e. The van der Waals surface area contributed by atoms with Crippen molar-refractivity contribution in [2.24, 2.45) is 0 Å². The highest BCUT2D eigenvalue weighted by Crippen LogP contribution is 2.22. The van der Waals surface area contributed by atoms with E-state index in [1.165, 1.54) is 12.1 Å². The van der Waals surface area contributed by atoms with Gasteiger partial charge in [-0.15, -0.1) is 0 Å². The molecule has 6 nitrogen and oxygen atoms in total. The number of sulfonamides is 1. The van der Waals surface area contributed by atoms with E-state index in [2.05, 4.69) is 10.0 Å². The van der Waals surface area contributed by atoms with E-state index in [1.54, 1.807) is 26.8 Å². The zero-order valence-electron chi connectivity index (χ0n) is 15.9. The Bertz CT molecular complexity index is 865. The molecule has 0 heterocycles. The Morgan fingerprint density at radius 1 is 1.11 bits per heavy atom. The molecule has 7 heteroatoms. The summed E-state index contributed by atoms with van der Waals surface area (Å²) in [7, 11) is -3.55. The maximum absolute atomic E-state index is 12.2. The smallest absolute Gasteiger partial charge is 0.257 e. The number of ether oxygens (including phenoxy) is 1. The molecule has 146 valence electrons. The summed E-state index contributed by atoms with van der Waals surface area (Å²) in [5.41, 5.74) is 1.81. The molecule has 27 heavy (non-hydrogen) atoms. The van der Waals surface area contributed by atoms with E-state index in [0.29, 0.717) is 17.9 Å². The SMILES string of the molecule is Cc1cc(S(=O)(=O)NC(C)C)ccc1OCC(=O)NCCc1ccccc1. The van der Waals surface area contributed by atoms with Crippen molar-refractivity contribution in [2.45, 2.75) is 38.1 Å². The van der Waals surface area contributed by atoms with Crippen LogP contribution in [0.2, 0.25) is 0 Å². The first-order valence-corrected chi connectivity index (χ1v) is 10.3. The van der Waals surface area contributed by atoms with E-state index < -0.39 is 10.0 Å². The summed E-state index contributed by atoms with van der Waals surface area (Å²) >= 11 is 0. The average Bonchev–Trinajstić information content (AvgIpc) is 2.60. The van der Waals surface area contributed by atoms with Crippen LogP contribution >= 0.6 is 0 Å². The fourth-order valence-corrected chi connectivity index (χ4v) is 3.85. The predicted octanol–water partition coefficient (Wildman–Crippen LogP) is 2.42. The first-order valence-electron chi connectivity index (χ1n) is 8.84. The lowest BCUT2D eigenvalue weighted by Gasteiger charge is -2.13. The molecule has 0 aliphatic rings. The predicted molar refractivity (Wildman–Crippen MR) is 105 cm³/mol. The Morgan fingerprint density at radius 3 is 2.44 bits per heavy atom. The van der Waals surface area contributed by atoms with Gasteiger partial charge in [0.25, 0.3) is 5.91 Å². The number of hydrogen-bond donors (Lipinski definition) is 2. The van der Waals surface area contributed by atoms with Crippen molar-refractivity contribution < 1.29 is 17.9 Å². The van der Waals surface area contributed by atoms with Gasteiger partial charge < -0.3 is 10.1 Å². The summed E-state index contributed by atoms with van der Waals surface area (Å²) in [4.78, 5) is 12.1. The van der Waals surface area contributed by atoms with Crippen LogP contribution in [-0.4, -0.2) is 33.5 Å². The summed E-state index contributed by atoms with van der Waals surface area (Å²) in [5.74, 6) is 0.264. The zero-order valence-corrected chi connectivity index (χ0v) is 16.7. The first kappa shape index (κ1) is 20.9. The molecular formula is C20H26N2O4S. The van der Waals surface area contributed by atoms with Crippen LogP contribution in [-0.2, 0) is 21.2 Å². The first-order chi connectivity index (χ1) is 12.8. The third kappa shape index (κ3) is 6.69. The van der Waals surface area contributed by atoms with Crippen LogP contribution in [0.4, 0.5) is 0 Å². The van der Waals surface area contributed by atoms with Gasteiger partial charge in [0.2, 0.25) is 10.0 Å². The van der Waals surface area contributed by atoms with Crippen molar-refractivity contribution in [3.63, 3.8) is 0 Å². The van der Waals surface area contributed by atoms with Gasteiger partial charge in [-0.25, -0.2) is 13.1 Å². The van der Waals surface area contributed by atoms with Crippen molar-refractivity contribution in [2.75, 3.05) is 13.2 Å². The lowest BCUT2D eigenvalue weighted by atomic mass is 10.1.